The van der Waals surface area contributed by atoms with Crippen molar-refractivity contribution in [1.82, 2.24) is 0 Å². The Balaban J connectivity index is 1.59. The second-order valence-electron chi connectivity index (χ2n) is 9.39. The third-order valence-electron chi connectivity index (χ3n) is 5.86. The second-order valence-corrected chi connectivity index (χ2v) is 9.39. The molecule has 34 heavy (non-hydrogen) atoms. The molecule has 6 nitrogen and oxygen atoms in total. The normalized spacial score (nSPS) is 19.1. The molecular formula is C27H28FNO5. The summed E-state index contributed by atoms with van der Waals surface area (Å²) in [6, 6.07) is 18.7. The van der Waals surface area contributed by atoms with Gasteiger partial charge < -0.3 is 19.7 Å². The third-order valence-corrected chi connectivity index (χ3v) is 5.86. The molecule has 1 amide bonds. The average molecular weight is 466 g/mol. The van der Waals surface area contributed by atoms with Crippen LogP contribution in [0.5, 0.6) is 11.5 Å². The largest absolute Gasteiger partial charge is 0.508 e. The molecule has 7 heteroatoms. The van der Waals surface area contributed by atoms with Gasteiger partial charge in [-0.25, -0.2) is 9.18 Å². The number of halogens is 1. The van der Waals surface area contributed by atoms with E-state index in [1.807, 2.05) is 24.3 Å². The van der Waals surface area contributed by atoms with Crippen LogP contribution in [0.25, 0.3) is 0 Å². The molecule has 3 atom stereocenters. The van der Waals surface area contributed by atoms with E-state index in [2.05, 4.69) is 20.8 Å². The van der Waals surface area contributed by atoms with Crippen molar-refractivity contribution >= 4 is 11.8 Å². The maximum absolute atomic E-state index is 13.5. The van der Waals surface area contributed by atoms with Crippen LogP contribution in [0.15, 0.2) is 72.8 Å². The highest BCUT2D eigenvalue weighted by atomic mass is 19.1. The Morgan fingerprint density at radius 3 is 2.38 bits per heavy atom. The number of hydrogen-bond acceptors (Lipinski definition) is 5. The van der Waals surface area contributed by atoms with Gasteiger partial charge in [-0.1, -0.05) is 45.0 Å². The van der Waals surface area contributed by atoms with Crippen LogP contribution >= 0.6 is 0 Å². The Morgan fingerprint density at radius 1 is 1.06 bits per heavy atom. The van der Waals surface area contributed by atoms with Crippen molar-refractivity contribution in [2.24, 2.45) is 0 Å². The number of hydrogen-bond donors (Lipinski definition) is 2. The Morgan fingerprint density at radius 2 is 1.74 bits per heavy atom. The minimum Gasteiger partial charge on any atom is -0.508 e. The molecule has 0 aliphatic carbocycles. The van der Waals surface area contributed by atoms with E-state index in [4.69, 9.17) is 9.47 Å². The topological polar surface area (TPSA) is 79.2 Å². The fourth-order valence-electron chi connectivity index (χ4n) is 3.99. The van der Waals surface area contributed by atoms with Crippen molar-refractivity contribution in [3.63, 3.8) is 0 Å². The van der Waals surface area contributed by atoms with Crippen LogP contribution in [-0.4, -0.2) is 35.1 Å². The van der Waals surface area contributed by atoms with Crippen molar-refractivity contribution in [3.8, 4) is 11.5 Å². The molecule has 1 aliphatic rings. The highest BCUT2D eigenvalue weighted by Gasteiger charge is 2.47. The van der Waals surface area contributed by atoms with E-state index >= 15 is 0 Å². The summed E-state index contributed by atoms with van der Waals surface area (Å²) in [7, 11) is 0. The molecule has 3 unspecified atom stereocenters. The van der Waals surface area contributed by atoms with Gasteiger partial charge in [0.15, 0.2) is 6.10 Å². The number of cyclic esters (lactones) is 1. The van der Waals surface area contributed by atoms with Gasteiger partial charge in [-0.15, -0.1) is 0 Å². The Hall–Kier alpha value is -3.58. The van der Waals surface area contributed by atoms with Crippen molar-refractivity contribution in [2.45, 2.75) is 44.4 Å². The van der Waals surface area contributed by atoms with Crippen molar-refractivity contribution < 1.29 is 28.9 Å². The van der Waals surface area contributed by atoms with Gasteiger partial charge in [-0.05, 0) is 65.1 Å². The number of ether oxygens (including phenoxy) is 2. The molecule has 1 heterocycles. The Labute approximate surface area is 198 Å². The first kappa shape index (κ1) is 23.6. The molecule has 0 spiro atoms. The molecule has 3 aromatic rings. The lowest BCUT2D eigenvalue weighted by Crippen LogP contribution is -2.38. The van der Waals surface area contributed by atoms with E-state index in [0.717, 1.165) is 5.56 Å². The first-order valence-electron chi connectivity index (χ1n) is 11.1. The van der Waals surface area contributed by atoms with Crippen LogP contribution in [0.4, 0.5) is 14.9 Å². The number of phenolic OH excluding ortho intramolecular Hbond substituents is 1. The van der Waals surface area contributed by atoms with Gasteiger partial charge in [0.05, 0.1) is 0 Å². The minimum absolute atomic E-state index is 0.0570. The van der Waals surface area contributed by atoms with Crippen molar-refractivity contribution in [3.05, 3.63) is 89.7 Å². The van der Waals surface area contributed by atoms with Gasteiger partial charge >= 0.3 is 6.09 Å². The van der Waals surface area contributed by atoms with Gasteiger partial charge in [-0.2, -0.15) is 0 Å². The fourth-order valence-corrected chi connectivity index (χ4v) is 3.99. The number of phenols is 1. The molecule has 0 bridgehead atoms. The molecule has 0 radical (unpaired) electrons. The lowest BCUT2D eigenvalue weighted by molar-refractivity contribution is -0.00648. The predicted molar refractivity (Wildman–Crippen MR) is 127 cm³/mol. The van der Waals surface area contributed by atoms with Gasteiger partial charge in [0.2, 0.25) is 0 Å². The van der Waals surface area contributed by atoms with E-state index in [9.17, 15) is 19.4 Å². The molecule has 1 fully saturated rings. The molecule has 2 N–H and O–H groups in total. The molecule has 4 rings (SSSR count). The first-order valence-corrected chi connectivity index (χ1v) is 11.1. The number of aliphatic hydroxyl groups excluding tert-OH is 1. The zero-order chi connectivity index (χ0) is 24.5. The van der Waals surface area contributed by atoms with Crippen molar-refractivity contribution in [1.29, 1.82) is 0 Å². The zero-order valence-electron chi connectivity index (χ0n) is 19.3. The van der Waals surface area contributed by atoms with Crippen LogP contribution in [0.1, 0.15) is 37.9 Å². The minimum atomic E-state index is -1.15. The number of aromatic hydroxyl groups is 1. The summed E-state index contributed by atoms with van der Waals surface area (Å²) in [6.45, 7) is 6.21. The highest BCUT2D eigenvalue weighted by molar-refractivity contribution is 5.91. The smallest absolute Gasteiger partial charge is 0.415 e. The average Bonchev–Trinajstić information content (AvgIpc) is 3.15. The van der Waals surface area contributed by atoms with Crippen LogP contribution in [0.2, 0.25) is 0 Å². The van der Waals surface area contributed by atoms with E-state index < -0.39 is 30.2 Å². The van der Waals surface area contributed by atoms with E-state index in [-0.39, 0.29) is 17.8 Å². The molecule has 3 aromatic carbocycles. The highest BCUT2D eigenvalue weighted by Crippen LogP contribution is 2.39. The lowest BCUT2D eigenvalue weighted by Gasteiger charge is -2.27. The predicted octanol–water partition coefficient (Wildman–Crippen LogP) is 5.34. The summed E-state index contributed by atoms with van der Waals surface area (Å²) in [4.78, 5) is 14.2. The maximum Gasteiger partial charge on any atom is 0.415 e. The molecule has 1 aliphatic heterocycles. The number of aliphatic hydroxyl groups is 1. The number of carbonyl (C=O) groups is 1. The van der Waals surface area contributed by atoms with Crippen LogP contribution < -0.4 is 9.64 Å². The number of anilines is 1. The summed E-state index contributed by atoms with van der Waals surface area (Å²) >= 11 is 0. The van der Waals surface area contributed by atoms with Crippen LogP contribution in [0.3, 0.4) is 0 Å². The molecule has 178 valence electrons. The number of carbonyl (C=O) groups excluding carboxylic acids is 1. The molecule has 1 saturated heterocycles. The Kier molecular flexibility index (Phi) is 6.48. The van der Waals surface area contributed by atoms with E-state index in [1.165, 1.54) is 41.3 Å². The summed E-state index contributed by atoms with van der Waals surface area (Å²) in [5.74, 6) is 0.244. The van der Waals surface area contributed by atoms with Gasteiger partial charge in [0.1, 0.15) is 36.1 Å². The molecular weight excluding hydrogens is 437 g/mol. The second kappa shape index (κ2) is 9.35. The first-order chi connectivity index (χ1) is 16.1. The SMILES string of the molecule is CC(C)(C)c1cccc(OCC(O)C2OC(=O)N(c3ccc(F)cc3)C2c2ccc(O)cc2)c1. The van der Waals surface area contributed by atoms with E-state index in [0.29, 0.717) is 17.0 Å². The fraction of sp³-hybridized carbons (Fsp3) is 0.296. The quantitative estimate of drug-likeness (QED) is 0.514. The zero-order valence-corrected chi connectivity index (χ0v) is 19.3. The summed E-state index contributed by atoms with van der Waals surface area (Å²) in [5, 5.41) is 20.7. The van der Waals surface area contributed by atoms with Gasteiger partial charge in [0.25, 0.3) is 0 Å². The van der Waals surface area contributed by atoms with Gasteiger partial charge in [0, 0.05) is 5.69 Å². The summed E-state index contributed by atoms with van der Waals surface area (Å²) in [5.41, 5.74) is 2.11. The standard InChI is InChI=1S/C27H28FNO5/c1-27(2,3)18-5-4-6-22(15-18)33-16-23(31)25-24(17-7-13-21(30)14-8-17)29(26(32)34-25)20-11-9-19(28)10-12-20/h4-15,23-25,30-31H,16H2,1-3H3. The monoisotopic (exact) mass is 465 g/mol. The summed E-state index contributed by atoms with van der Waals surface area (Å²) in [6.07, 6.45) is -2.76. The van der Waals surface area contributed by atoms with Crippen LogP contribution in [-0.2, 0) is 10.2 Å². The molecule has 0 saturated carbocycles. The number of amides is 1. The number of benzene rings is 3. The third kappa shape index (κ3) is 4.99. The Bertz CT molecular complexity index is 1140. The summed E-state index contributed by atoms with van der Waals surface area (Å²) < 4.78 is 24.9. The van der Waals surface area contributed by atoms with Crippen molar-refractivity contribution in [2.75, 3.05) is 11.5 Å². The lowest BCUT2D eigenvalue weighted by atomic mass is 9.87. The number of nitrogens with zero attached hydrogens (tertiary/aromatic N) is 1. The van der Waals surface area contributed by atoms with E-state index in [1.54, 1.807) is 12.1 Å². The van der Waals surface area contributed by atoms with Crippen LogP contribution in [0, 0.1) is 5.82 Å². The van der Waals surface area contributed by atoms with Gasteiger partial charge in [-0.3, -0.25) is 4.90 Å². The molecule has 0 aromatic heterocycles. The number of rotatable bonds is 6. The maximum atomic E-state index is 13.5.